The van der Waals surface area contributed by atoms with E-state index >= 15 is 0 Å². The molecule has 0 aliphatic heterocycles. The van der Waals surface area contributed by atoms with Crippen LogP contribution in [0.5, 0.6) is 0 Å². The number of nitrogens with zero attached hydrogens (tertiary/aromatic N) is 3. The van der Waals surface area contributed by atoms with Gasteiger partial charge in [0.25, 0.3) is 5.56 Å². The van der Waals surface area contributed by atoms with Gasteiger partial charge in [0, 0.05) is 40.2 Å². The van der Waals surface area contributed by atoms with Gasteiger partial charge in [-0.3, -0.25) is 9.20 Å². The summed E-state index contributed by atoms with van der Waals surface area (Å²) in [5.41, 5.74) is 2.11. The second-order valence-electron chi connectivity index (χ2n) is 6.25. The SMILES string of the molecule is Cc1cc(=O)n2cc(-c3ccc(Cl)cc3)nc2n1Cc1ccc(F)cc1F. The highest BCUT2D eigenvalue weighted by Gasteiger charge is 2.14. The molecule has 4 nitrogen and oxygen atoms in total. The van der Waals surface area contributed by atoms with Crippen molar-refractivity contribution in [3.63, 3.8) is 0 Å². The molecule has 2 aromatic carbocycles. The molecule has 136 valence electrons. The first-order valence-corrected chi connectivity index (χ1v) is 8.59. The summed E-state index contributed by atoms with van der Waals surface area (Å²) >= 11 is 5.92. The number of imidazole rings is 1. The van der Waals surface area contributed by atoms with Gasteiger partial charge in [0.1, 0.15) is 11.6 Å². The highest BCUT2D eigenvalue weighted by atomic mass is 35.5. The molecule has 4 rings (SSSR count). The largest absolute Gasteiger partial charge is 0.311 e. The zero-order valence-corrected chi connectivity index (χ0v) is 15.0. The molecule has 0 atom stereocenters. The van der Waals surface area contributed by atoms with Crippen LogP contribution in [-0.4, -0.2) is 14.0 Å². The molecule has 0 N–H and O–H groups in total. The molecular formula is C20H14ClF2N3O. The van der Waals surface area contributed by atoms with Gasteiger partial charge in [0.15, 0.2) is 0 Å². The third kappa shape index (κ3) is 3.24. The number of aromatic nitrogens is 3. The zero-order valence-electron chi connectivity index (χ0n) is 14.3. The summed E-state index contributed by atoms with van der Waals surface area (Å²) in [5.74, 6) is -0.895. The van der Waals surface area contributed by atoms with E-state index in [0.717, 1.165) is 11.6 Å². The lowest BCUT2D eigenvalue weighted by atomic mass is 10.2. The third-order valence-corrected chi connectivity index (χ3v) is 4.66. The van der Waals surface area contributed by atoms with Crippen LogP contribution >= 0.6 is 11.6 Å². The van der Waals surface area contributed by atoms with Crippen molar-refractivity contribution in [1.29, 1.82) is 0 Å². The summed E-state index contributed by atoms with van der Waals surface area (Å²) in [6, 6.07) is 12.0. The van der Waals surface area contributed by atoms with E-state index < -0.39 is 11.6 Å². The Morgan fingerprint density at radius 3 is 2.52 bits per heavy atom. The molecule has 2 aromatic heterocycles. The molecule has 7 heteroatoms. The smallest absolute Gasteiger partial charge is 0.259 e. The summed E-state index contributed by atoms with van der Waals surface area (Å²) in [6.45, 7) is 1.87. The maximum absolute atomic E-state index is 14.1. The fraction of sp³-hybridized carbons (Fsp3) is 0.100. The molecule has 4 aromatic rings. The standard InChI is InChI=1S/C20H14ClF2N3O/c1-12-8-19(27)26-11-18(13-2-5-15(21)6-3-13)24-20(26)25(12)10-14-4-7-16(22)9-17(14)23/h2-9,11H,10H2,1H3. The second kappa shape index (κ2) is 6.63. The number of aryl methyl sites for hydroxylation is 1. The fourth-order valence-electron chi connectivity index (χ4n) is 2.98. The number of benzene rings is 2. The first kappa shape index (κ1) is 17.4. The molecule has 0 aliphatic carbocycles. The first-order valence-electron chi connectivity index (χ1n) is 8.22. The first-order chi connectivity index (χ1) is 12.9. The van der Waals surface area contributed by atoms with Crippen LogP contribution in [0.3, 0.4) is 0 Å². The molecule has 0 fully saturated rings. The Morgan fingerprint density at radius 2 is 1.81 bits per heavy atom. The third-order valence-electron chi connectivity index (χ3n) is 4.41. The number of fused-ring (bicyclic) bond motifs is 1. The highest BCUT2D eigenvalue weighted by molar-refractivity contribution is 6.30. The fourth-order valence-corrected chi connectivity index (χ4v) is 3.11. The van der Waals surface area contributed by atoms with Gasteiger partial charge in [-0.15, -0.1) is 0 Å². The van der Waals surface area contributed by atoms with Crippen molar-refractivity contribution < 1.29 is 8.78 Å². The van der Waals surface area contributed by atoms with E-state index in [-0.39, 0.29) is 12.1 Å². The van der Waals surface area contributed by atoms with Crippen molar-refractivity contribution in [2.75, 3.05) is 0 Å². The van der Waals surface area contributed by atoms with Crippen molar-refractivity contribution >= 4 is 17.4 Å². The molecule has 0 unspecified atom stereocenters. The number of rotatable bonds is 3. The van der Waals surface area contributed by atoms with Crippen molar-refractivity contribution in [1.82, 2.24) is 14.0 Å². The maximum Gasteiger partial charge on any atom is 0.259 e. The van der Waals surface area contributed by atoms with Gasteiger partial charge in [-0.25, -0.2) is 13.8 Å². The highest BCUT2D eigenvalue weighted by Crippen LogP contribution is 2.22. The molecule has 27 heavy (non-hydrogen) atoms. The molecular weight excluding hydrogens is 372 g/mol. The predicted octanol–water partition coefficient (Wildman–Crippen LogP) is 4.45. The Hall–Kier alpha value is -2.99. The number of hydrogen-bond donors (Lipinski definition) is 0. The predicted molar refractivity (Wildman–Crippen MR) is 100 cm³/mol. The molecule has 0 bridgehead atoms. The molecule has 2 heterocycles. The van der Waals surface area contributed by atoms with Crippen molar-refractivity contribution in [3.05, 3.63) is 93.0 Å². The topological polar surface area (TPSA) is 39.3 Å². The molecule has 0 saturated carbocycles. The summed E-state index contributed by atoms with van der Waals surface area (Å²) in [4.78, 5) is 16.9. The lowest BCUT2D eigenvalue weighted by Gasteiger charge is -2.12. The minimum absolute atomic E-state index is 0.124. The summed E-state index contributed by atoms with van der Waals surface area (Å²) in [6.07, 6.45) is 1.64. The van der Waals surface area contributed by atoms with Crippen LogP contribution in [0.15, 0.2) is 59.5 Å². The van der Waals surface area contributed by atoms with Crippen LogP contribution in [0.25, 0.3) is 17.0 Å². The van der Waals surface area contributed by atoms with Crippen LogP contribution in [0.4, 0.5) is 8.78 Å². The number of hydrogen-bond acceptors (Lipinski definition) is 2. The van der Waals surface area contributed by atoms with Crippen LogP contribution in [0.2, 0.25) is 5.02 Å². The lowest BCUT2D eigenvalue weighted by molar-refractivity contribution is 0.565. The Kier molecular flexibility index (Phi) is 4.28. The van der Waals surface area contributed by atoms with Gasteiger partial charge in [-0.2, -0.15) is 0 Å². The average molecular weight is 386 g/mol. The molecule has 0 amide bonds. The van der Waals surface area contributed by atoms with Gasteiger partial charge < -0.3 is 4.57 Å². The van der Waals surface area contributed by atoms with Crippen molar-refractivity contribution in [3.8, 4) is 11.3 Å². The monoisotopic (exact) mass is 385 g/mol. The average Bonchev–Trinajstić information content (AvgIpc) is 3.06. The van der Waals surface area contributed by atoms with Crippen LogP contribution < -0.4 is 5.56 Å². The van der Waals surface area contributed by atoms with E-state index in [9.17, 15) is 13.6 Å². The quantitative estimate of drug-likeness (QED) is 0.522. The van der Waals surface area contributed by atoms with Gasteiger partial charge in [-0.05, 0) is 25.1 Å². The van der Waals surface area contributed by atoms with Crippen molar-refractivity contribution in [2.24, 2.45) is 0 Å². The van der Waals surface area contributed by atoms with Gasteiger partial charge >= 0.3 is 0 Å². The Morgan fingerprint density at radius 1 is 1.07 bits per heavy atom. The van der Waals surface area contributed by atoms with Gasteiger partial charge in [-0.1, -0.05) is 29.8 Å². The summed E-state index contributed by atoms with van der Waals surface area (Å²) in [7, 11) is 0. The van der Waals surface area contributed by atoms with Gasteiger partial charge in [0.2, 0.25) is 5.78 Å². The molecule has 0 radical (unpaired) electrons. The van der Waals surface area contributed by atoms with Crippen molar-refractivity contribution in [2.45, 2.75) is 13.5 Å². The summed E-state index contributed by atoms with van der Waals surface area (Å²) in [5, 5.41) is 0.602. The second-order valence-corrected chi connectivity index (χ2v) is 6.69. The molecule has 0 saturated heterocycles. The van der Waals surface area contributed by atoms with E-state index in [1.165, 1.54) is 22.6 Å². The van der Waals surface area contributed by atoms with E-state index in [1.807, 2.05) is 12.1 Å². The Labute approximate surface area is 158 Å². The zero-order chi connectivity index (χ0) is 19.1. The van der Waals surface area contributed by atoms with E-state index in [4.69, 9.17) is 11.6 Å². The Balaban J connectivity index is 1.87. The van der Waals surface area contributed by atoms with Crippen LogP contribution in [0.1, 0.15) is 11.3 Å². The normalized spacial score (nSPS) is 11.3. The summed E-state index contributed by atoms with van der Waals surface area (Å²) < 4.78 is 30.4. The molecule has 0 aliphatic rings. The van der Waals surface area contributed by atoms with Crippen LogP contribution in [0, 0.1) is 18.6 Å². The van der Waals surface area contributed by atoms with Gasteiger partial charge in [0.05, 0.1) is 12.2 Å². The van der Waals surface area contributed by atoms with Crippen LogP contribution in [-0.2, 0) is 6.54 Å². The van der Waals surface area contributed by atoms with E-state index in [0.29, 0.717) is 27.8 Å². The minimum atomic E-state index is -0.643. The molecule has 0 spiro atoms. The number of halogens is 3. The van der Waals surface area contributed by atoms with E-state index in [2.05, 4.69) is 4.98 Å². The Bertz CT molecular complexity index is 1210. The van der Waals surface area contributed by atoms with E-state index in [1.54, 1.807) is 29.8 Å². The maximum atomic E-state index is 14.1. The lowest BCUT2D eigenvalue weighted by Crippen LogP contribution is -2.19. The minimum Gasteiger partial charge on any atom is -0.311 e.